The molecule has 0 bridgehead atoms. The van der Waals surface area contributed by atoms with Crippen molar-refractivity contribution >= 4 is 11.3 Å². The van der Waals surface area contributed by atoms with E-state index in [1.54, 1.807) is 12.1 Å². The van der Waals surface area contributed by atoms with Gasteiger partial charge in [-0.1, -0.05) is 11.3 Å². The molecule has 1 aromatic heterocycles. The van der Waals surface area contributed by atoms with E-state index in [0.717, 1.165) is 0 Å². The highest BCUT2D eigenvalue weighted by Crippen LogP contribution is 2.24. The second-order valence-electron chi connectivity index (χ2n) is 2.78. The Balaban J connectivity index is 2.31. The Bertz CT molecular complexity index is 578. The molecule has 0 aliphatic carbocycles. The summed E-state index contributed by atoms with van der Waals surface area (Å²) in [5.74, 6) is 0.485. The van der Waals surface area contributed by atoms with Crippen molar-refractivity contribution in [3.63, 3.8) is 0 Å². The monoisotopic (exact) mass is 226 g/mol. The highest BCUT2D eigenvalue weighted by molar-refractivity contribution is 7.10. The molecule has 0 amide bonds. The van der Waals surface area contributed by atoms with Crippen LogP contribution in [0.2, 0.25) is 0 Å². The van der Waals surface area contributed by atoms with Crippen molar-refractivity contribution in [3.8, 4) is 23.1 Å². The lowest BCUT2D eigenvalue weighted by molar-refractivity contribution is 0.478. The number of aromatic nitrogens is 1. The molecule has 4 nitrogen and oxygen atoms in total. The maximum atomic E-state index is 8.82. The van der Waals surface area contributed by atoms with Gasteiger partial charge in [0.2, 0.25) is 0 Å². The van der Waals surface area contributed by atoms with E-state index in [1.807, 2.05) is 12.1 Å². The summed E-state index contributed by atoms with van der Waals surface area (Å²) >= 11 is 1.23. The molecule has 0 aliphatic heterocycles. The summed E-state index contributed by atoms with van der Waals surface area (Å²) in [7, 11) is 0. The van der Waals surface area contributed by atoms with Gasteiger partial charge in [0.25, 0.3) is 5.19 Å². The average Bonchev–Trinajstić information content (AvgIpc) is 2.81. The van der Waals surface area contributed by atoms with Crippen LogP contribution in [-0.2, 0) is 0 Å². The summed E-state index contributed by atoms with van der Waals surface area (Å²) in [4.78, 5) is 3.90. The number of rotatable bonds is 2. The van der Waals surface area contributed by atoms with E-state index < -0.39 is 0 Å². The number of thiazole rings is 1. The minimum Gasteiger partial charge on any atom is -0.431 e. The summed E-state index contributed by atoms with van der Waals surface area (Å²) in [6, 6.07) is 8.56. The molecule has 0 atom stereocenters. The van der Waals surface area contributed by atoms with Gasteiger partial charge < -0.3 is 4.74 Å². The van der Waals surface area contributed by atoms with Crippen LogP contribution in [0.25, 0.3) is 0 Å². The summed E-state index contributed by atoms with van der Waals surface area (Å²) in [5, 5.41) is 20.8. The van der Waals surface area contributed by atoms with Gasteiger partial charge in [-0.05, 0) is 18.2 Å². The van der Waals surface area contributed by atoms with Gasteiger partial charge >= 0.3 is 0 Å². The lowest BCUT2D eigenvalue weighted by Gasteiger charge is -2.02. The first-order chi connectivity index (χ1) is 7.83. The fourth-order valence-electron chi connectivity index (χ4n) is 1.11. The van der Waals surface area contributed by atoms with E-state index in [4.69, 9.17) is 15.3 Å². The van der Waals surface area contributed by atoms with E-state index in [9.17, 15) is 0 Å². The van der Waals surface area contributed by atoms with Crippen molar-refractivity contribution < 1.29 is 4.74 Å². The highest BCUT2D eigenvalue weighted by atomic mass is 32.1. The van der Waals surface area contributed by atoms with Crippen LogP contribution in [0, 0.1) is 28.0 Å². The summed E-state index contributed by atoms with van der Waals surface area (Å²) in [6.45, 7) is 0. The van der Waals surface area contributed by atoms with E-state index in [0.29, 0.717) is 22.1 Å². The number of ether oxygens (including phenoxy) is 1. The standard InChI is InChI=1S/C11H4N3OS/c12-6-8-1-2-10(5-9(8)7-13)15-11-14-3-4-16-11/h1-3,5H. The molecule has 16 heavy (non-hydrogen) atoms. The second-order valence-corrected chi connectivity index (χ2v) is 3.57. The number of nitrogens with zero attached hydrogens (tertiary/aromatic N) is 3. The quantitative estimate of drug-likeness (QED) is 0.788. The first-order valence-electron chi connectivity index (χ1n) is 4.27. The lowest BCUT2D eigenvalue weighted by atomic mass is 10.1. The first-order valence-corrected chi connectivity index (χ1v) is 5.09. The molecule has 2 aromatic rings. The topological polar surface area (TPSA) is 69.7 Å². The van der Waals surface area contributed by atoms with Crippen LogP contribution in [0.3, 0.4) is 0 Å². The van der Waals surface area contributed by atoms with Gasteiger partial charge in [-0.2, -0.15) is 10.5 Å². The van der Waals surface area contributed by atoms with Gasteiger partial charge in [0, 0.05) is 0 Å². The maximum Gasteiger partial charge on any atom is 0.279 e. The molecule has 0 N–H and O–H groups in total. The van der Waals surface area contributed by atoms with Gasteiger partial charge in [0.1, 0.15) is 17.9 Å². The van der Waals surface area contributed by atoms with E-state index in [2.05, 4.69) is 10.4 Å². The van der Waals surface area contributed by atoms with Crippen molar-refractivity contribution in [2.24, 2.45) is 0 Å². The molecule has 0 saturated carbocycles. The molecule has 0 spiro atoms. The van der Waals surface area contributed by atoms with Gasteiger partial charge in [-0.15, -0.1) is 0 Å². The zero-order valence-electron chi connectivity index (χ0n) is 7.97. The van der Waals surface area contributed by atoms with Gasteiger partial charge in [0.15, 0.2) is 0 Å². The Morgan fingerprint density at radius 2 is 2.06 bits per heavy atom. The van der Waals surface area contributed by atoms with Crippen LogP contribution in [0.4, 0.5) is 0 Å². The van der Waals surface area contributed by atoms with Crippen LogP contribution >= 0.6 is 11.3 Å². The highest BCUT2D eigenvalue weighted by Gasteiger charge is 2.05. The smallest absolute Gasteiger partial charge is 0.279 e. The maximum absolute atomic E-state index is 8.82. The van der Waals surface area contributed by atoms with E-state index >= 15 is 0 Å². The van der Waals surface area contributed by atoms with E-state index in [1.165, 1.54) is 23.6 Å². The van der Waals surface area contributed by atoms with Gasteiger partial charge in [-0.3, -0.25) is 0 Å². The van der Waals surface area contributed by atoms with Crippen LogP contribution in [-0.4, -0.2) is 4.98 Å². The summed E-state index contributed by atoms with van der Waals surface area (Å²) in [6.07, 6.45) is 1.51. The first kappa shape index (κ1) is 10.2. The lowest BCUT2D eigenvalue weighted by Crippen LogP contribution is -1.87. The molecule has 0 fully saturated rings. The molecule has 75 valence electrons. The zero-order valence-corrected chi connectivity index (χ0v) is 8.78. The molecule has 1 aromatic carbocycles. The predicted molar refractivity (Wildman–Crippen MR) is 56.9 cm³/mol. The van der Waals surface area contributed by atoms with Crippen molar-refractivity contribution in [2.45, 2.75) is 0 Å². The van der Waals surface area contributed by atoms with Crippen LogP contribution < -0.4 is 4.74 Å². The Labute approximate surface area is 96.0 Å². The molecule has 1 radical (unpaired) electrons. The SMILES string of the molecule is N#Cc1ccc(Oc2nc[c]s2)cc1C#N. The molecule has 0 saturated heterocycles. The summed E-state index contributed by atoms with van der Waals surface area (Å²) < 4.78 is 5.38. The Hall–Kier alpha value is -2.37. The van der Waals surface area contributed by atoms with Crippen molar-refractivity contribution in [2.75, 3.05) is 0 Å². The van der Waals surface area contributed by atoms with Crippen LogP contribution in [0.15, 0.2) is 24.4 Å². The Morgan fingerprint density at radius 1 is 1.25 bits per heavy atom. The van der Waals surface area contributed by atoms with Crippen LogP contribution in [0.1, 0.15) is 11.1 Å². The molecule has 1 heterocycles. The predicted octanol–water partition coefficient (Wildman–Crippen LogP) is 2.48. The van der Waals surface area contributed by atoms with Crippen molar-refractivity contribution in [3.05, 3.63) is 40.9 Å². The van der Waals surface area contributed by atoms with E-state index in [-0.39, 0.29) is 0 Å². The Morgan fingerprint density at radius 3 is 2.69 bits per heavy atom. The van der Waals surface area contributed by atoms with Crippen molar-refractivity contribution in [1.82, 2.24) is 4.98 Å². The molecule has 0 aliphatic rings. The molecule has 0 unspecified atom stereocenters. The molecule has 2 rings (SSSR count). The largest absolute Gasteiger partial charge is 0.431 e. The minimum absolute atomic E-state index is 0.292. The van der Waals surface area contributed by atoms with Gasteiger partial charge in [0.05, 0.1) is 22.7 Å². The molecular formula is C11H4N3OS. The van der Waals surface area contributed by atoms with Crippen molar-refractivity contribution in [1.29, 1.82) is 10.5 Å². The minimum atomic E-state index is 0.292. The third-order valence-corrected chi connectivity index (χ3v) is 2.39. The second kappa shape index (κ2) is 4.43. The normalized spacial score (nSPS) is 9.12. The average molecular weight is 226 g/mol. The zero-order chi connectivity index (χ0) is 11.4. The fraction of sp³-hybridized carbons (Fsp3) is 0. The van der Waals surface area contributed by atoms with Gasteiger partial charge in [-0.25, -0.2) is 4.98 Å². The molecule has 5 heteroatoms. The number of hydrogen-bond donors (Lipinski definition) is 0. The third-order valence-electron chi connectivity index (χ3n) is 1.81. The number of benzene rings is 1. The number of hydrogen-bond acceptors (Lipinski definition) is 5. The Kier molecular flexibility index (Phi) is 2.81. The fourth-order valence-corrected chi connectivity index (χ4v) is 1.56. The molecular weight excluding hydrogens is 222 g/mol. The third kappa shape index (κ3) is 2.00. The van der Waals surface area contributed by atoms with Crippen LogP contribution in [0.5, 0.6) is 10.9 Å². The number of nitriles is 2. The summed E-state index contributed by atoms with van der Waals surface area (Å²) in [5.41, 5.74) is 0.626.